The normalized spacial score (nSPS) is 10.6. The summed E-state index contributed by atoms with van der Waals surface area (Å²) >= 11 is 0. The van der Waals surface area contributed by atoms with Crippen molar-refractivity contribution in [3.8, 4) is 11.3 Å². The second-order valence-corrected chi connectivity index (χ2v) is 4.17. The van der Waals surface area contributed by atoms with Crippen molar-refractivity contribution in [2.75, 3.05) is 5.32 Å². The maximum absolute atomic E-state index is 4.98. The first-order chi connectivity index (χ1) is 9.31. The molecule has 6 heteroatoms. The fourth-order valence-electron chi connectivity index (χ4n) is 1.77. The van der Waals surface area contributed by atoms with Crippen LogP contribution < -0.4 is 5.32 Å². The van der Waals surface area contributed by atoms with E-state index in [0.29, 0.717) is 18.4 Å². The Morgan fingerprint density at radius 2 is 2.05 bits per heavy atom. The van der Waals surface area contributed by atoms with Gasteiger partial charge in [-0.15, -0.1) is 0 Å². The van der Waals surface area contributed by atoms with Crippen molar-refractivity contribution >= 4 is 6.01 Å². The number of nitrogens with one attached hydrogen (secondary N) is 2. The van der Waals surface area contributed by atoms with Crippen molar-refractivity contribution in [3.05, 3.63) is 47.9 Å². The lowest BCUT2D eigenvalue weighted by atomic mass is 10.1. The summed E-state index contributed by atoms with van der Waals surface area (Å²) in [5, 5.41) is 13.7. The first-order valence-electron chi connectivity index (χ1n) is 5.94. The van der Waals surface area contributed by atoms with Gasteiger partial charge in [0.25, 0.3) is 0 Å². The predicted octanol–water partition coefficient (Wildman–Crippen LogP) is 2.38. The Morgan fingerprint density at radius 3 is 2.68 bits per heavy atom. The van der Waals surface area contributed by atoms with Gasteiger partial charge in [-0.25, -0.2) is 0 Å². The molecular formula is C13H13N5O. The topological polar surface area (TPSA) is 79.6 Å². The zero-order valence-corrected chi connectivity index (χ0v) is 10.4. The zero-order chi connectivity index (χ0) is 13.1. The number of hydrogen-bond donors (Lipinski definition) is 2. The smallest absolute Gasteiger partial charge is 0.321 e. The summed E-state index contributed by atoms with van der Waals surface area (Å²) in [6.07, 6.45) is 1.74. The van der Waals surface area contributed by atoms with Crippen molar-refractivity contribution in [2.24, 2.45) is 0 Å². The van der Waals surface area contributed by atoms with E-state index in [4.69, 9.17) is 4.52 Å². The van der Waals surface area contributed by atoms with Gasteiger partial charge in [-0.1, -0.05) is 29.4 Å². The van der Waals surface area contributed by atoms with Gasteiger partial charge in [0.2, 0.25) is 0 Å². The van der Waals surface area contributed by atoms with Crippen LogP contribution >= 0.6 is 0 Å². The Balaban J connectivity index is 1.66. The lowest BCUT2D eigenvalue weighted by molar-refractivity contribution is 0.425. The maximum atomic E-state index is 4.98. The fourth-order valence-corrected chi connectivity index (χ4v) is 1.77. The summed E-state index contributed by atoms with van der Waals surface area (Å²) in [5.41, 5.74) is 3.25. The molecule has 2 N–H and O–H groups in total. The van der Waals surface area contributed by atoms with Crippen molar-refractivity contribution in [2.45, 2.75) is 13.5 Å². The van der Waals surface area contributed by atoms with E-state index in [-0.39, 0.29) is 0 Å². The maximum Gasteiger partial charge on any atom is 0.321 e. The summed E-state index contributed by atoms with van der Waals surface area (Å²) < 4.78 is 4.98. The number of aryl methyl sites for hydroxylation is 1. The van der Waals surface area contributed by atoms with E-state index in [1.54, 1.807) is 13.1 Å². The van der Waals surface area contributed by atoms with Crippen molar-refractivity contribution < 1.29 is 4.52 Å². The van der Waals surface area contributed by atoms with E-state index in [0.717, 1.165) is 16.8 Å². The molecule has 3 aromatic rings. The SMILES string of the molecule is Cc1noc(NCc2ccc(-c3ccn[nH]3)cc2)n1. The van der Waals surface area contributed by atoms with Crippen molar-refractivity contribution in [1.82, 2.24) is 20.3 Å². The molecule has 0 fully saturated rings. The molecule has 2 aromatic heterocycles. The van der Waals surface area contributed by atoms with E-state index < -0.39 is 0 Å². The van der Waals surface area contributed by atoms with Gasteiger partial charge in [0.1, 0.15) is 0 Å². The summed E-state index contributed by atoms with van der Waals surface area (Å²) in [7, 11) is 0. The molecule has 96 valence electrons. The van der Waals surface area contributed by atoms with Gasteiger partial charge < -0.3 is 9.84 Å². The summed E-state index contributed by atoms with van der Waals surface area (Å²) in [6.45, 7) is 2.43. The van der Waals surface area contributed by atoms with E-state index >= 15 is 0 Å². The monoisotopic (exact) mass is 255 g/mol. The standard InChI is InChI=1S/C13H13N5O/c1-9-16-13(19-18-9)14-8-10-2-4-11(5-3-10)12-6-7-15-17-12/h2-7H,8H2,1H3,(H,15,17)(H,14,16,18). The minimum absolute atomic E-state index is 0.440. The number of aromatic amines is 1. The summed E-state index contributed by atoms with van der Waals surface area (Å²) in [5.74, 6) is 0.622. The minimum atomic E-state index is 0.440. The van der Waals surface area contributed by atoms with Crippen LogP contribution in [0.4, 0.5) is 6.01 Å². The number of benzene rings is 1. The van der Waals surface area contributed by atoms with Crippen LogP contribution in [0.5, 0.6) is 0 Å². The van der Waals surface area contributed by atoms with Crippen LogP contribution in [-0.4, -0.2) is 20.3 Å². The third kappa shape index (κ3) is 2.62. The highest BCUT2D eigenvalue weighted by molar-refractivity contribution is 5.58. The van der Waals surface area contributed by atoms with Crippen LogP contribution in [0.2, 0.25) is 0 Å². The van der Waals surface area contributed by atoms with E-state index in [9.17, 15) is 0 Å². The van der Waals surface area contributed by atoms with Gasteiger partial charge in [0, 0.05) is 12.7 Å². The van der Waals surface area contributed by atoms with Gasteiger partial charge in [0.05, 0.1) is 5.69 Å². The molecule has 0 unspecified atom stereocenters. The van der Waals surface area contributed by atoms with E-state index in [2.05, 4.69) is 25.7 Å². The summed E-state index contributed by atoms with van der Waals surface area (Å²) in [6, 6.07) is 10.6. The molecule has 0 radical (unpaired) electrons. The quantitative estimate of drug-likeness (QED) is 0.748. The highest BCUT2D eigenvalue weighted by Gasteiger charge is 2.02. The molecule has 3 rings (SSSR count). The van der Waals surface area contributed by atoms with Crippen LogP contribution in [0.25, 0.3) is 11.3 Å². The van der Waals surface area contributed by atoms with Crippen LogP contribution in [0.3, 0.4) is 0 Å². The molecule has 0 saturated heterocycles. The van der Waals surface area contributed by atoms with Crippen LogP contribution in [0.1, 0.15) is 11.4 Å². The van der Waals surface area contributed by atoms with Gasteiger partial charge in [-0.2, -0.15) is 10.1 Å². The fraction of sp³-hybridized carbons (Fsp3) is 0.154. The molecule has 0 atom stereocenters. The molecule has 2 heterocycles. The van der Waals surface area contributed by atoms with Crippen molar-refractivity contribution in [1.29, 1.82) is 0 Å². The van der Waals surface area contributed by atoms with E-state index in [1.807, 2.05) is 30.3 Å². The van der Waals surface area contributed by atoms with Gasteiger partial charge >= 0.3 is 6.01 Å². The number of aromatic nitrogens is 4. The molecule has 6 nitrogen and oxygen atoms in total. The highest BCUT2D eigenvalue weighted by Crippen LogP contribution is 2.17. The minimum Gasteiger partial charge on any atom is -0.334 e. The predicted molar refractivity (Wildman–Crippen MR) is 70.4 cm³/mol. The number of hydrogen-bond acceptors (Lipinski definition) is 5. The van der Waals surface area contributed by atoms with Gasteiger partial charge in [0.15, 0.2) is 5.82 Å². The molecule has 19 heavy (non-hydrogen) atoms. The molecular weight excluding hydrogens is 242 g/mol. The summed E-state index contributed by atoms with van der Waals surface area (Å²) in [4.78, 5) is 4.08. The lowest BCUT2D eigenvalue weighted by Gasteiger charge is -2.03. The Morgan fingerprint density at radius 1 is 1.21 bits per heavy atom. The van der Waals surface area contributed by atoms with E-state index in [1.165, 1.54) is 0 Å². The number of H-pyrrole nitrogens is 1. The number of nitrogens with zero attached hydrogens (tertiary/aromatic N) is 3. The first kappa shape index (κ1) is 11.5. The third-order valence-electron chi connectivity index (χ3n) is 2.74. The highest BCUT2D eigenvalue weighted by atomic mass is 16.5. The lowest BCUT2D eigenvalue weighted by Crippen LogP contribution is -1.99. The molecule has 0 amide bonds. The Labute approximate surface area is 109 Å². The second-order valence-electron chi connectivity index (χ2n) is 4.17. The van der Waals surface area contributed by atoms with Crippen LogP contribution in [0.15, 0.2) is 41.1 Å². The molecule has 0 spiro atoms. The van der Waals surface area contributed by atoms with Crippen LogP contribution in [0, 0.1) is 6.92 Å². The average molecular weight is 255 g/mol. The van der Waals surface area contributed by atoms with Crippen molar-refractivity contribution in [3.63, 3.8) is 0 Å². The Bertz CT molecular complexity index is 642. The first-order valence-corrected chi connectivity index (χ1v) is 5.94. The Hall–Kier alpha value is -2.63. The molecule has 0 saturated carbocycles. The zero-order valence-electron chi connectivity index (χ0n) is 10.4. The molecule has 0 bridgehead atoms. The van der Waals surface area contributed by atoms with Gasteiger partial charge in [-0.3, -0.25) is 5.10 Å². The molecule has 0 aliphatic carbocycles. The largest absolute Gasteiger partial charge is 0.334 e. The Kier molecular flexibility index (Phi) is 2.97. The molecule has 0 aliphatic rings. The number of rotatable bonds is 4. The second kappa shape index (κ2) is 4.93. The number of anilines is 1. The van der Waals surface area contributed by atoms with Crippen LogP contribution in [-0.2, 0) is 6.54 Å². The molecule has 1 aromatic carbocycles. The third-order valence-corrected chi connectivity index (χ3v) is 2.74. The van der Waals surface area contributed by atoms with Gasteiger partial charge in [-0.05, 0) is 24.1 Å². The molecule has 0 aliphatic heterocycles. The average Bonchev–Trinajstić information content (AvgIpc) is 3.08.